The van der Waals surface area contributed by atoms with E-state index in [0.717, 1.165) is 25.8 Å². The lowest BCUT2D eigenvalue weighted by Gasteiger charge is -2.46. The van der Waals surface area contributed by atoms with Gasteiger partial charge in [-0.25, -0.2) is 0 Å². The second-order valence-electron chi connectivity index (χ2n) is 6.41. The molecule has 1 aromatic carbocycles. The Kier molecular flexibility index (Phi) is 4.32. The Balaban J connectivity index is 2.45. The molecule has 1 aromatic rings. The molecule has 0 saturated carbocycles. The highest BCUT2D eigenvalue weighted by molar-refractivity contribution is 5.41. The zero-order valence-electron chi connectivity index (χ0n) is 12.5. The van der Waals surface area contributed by atoms with Crippen LogP contribution < -0.4 is 5.32 Å². The lowest BCUT2D eigenvalue weighted by atomic mass is 9.64. The van der Waals surface area contributed by atoms with Gasteiger partial charge in [0, 0.05) is 12.1 Å². The van der Waals surface area contributed by atoms with E-state index in [1.54, 1.807) is 0 Å². The first-order valence-corrected chi connectivity index (χ1v) is 7.51. The first kappa shape index (κ1) is 14.5. The number of fused-ring (bicyclic) bond motifs is 1. The minimum Gasteiger partial charge on any atom is -0.396 e. The fourth-order valence-electron chi connectivity index (χ4n) is 3.37. The molecule has 0 aliphatic heterocycles. The van der Waals surface area contributed by atoms with Crippen LogP contribution in [0.15, 0.2) is 24.3 Å². The van der Waals surface area contributed by atoms with Gasteiger partial charge in [0.25, 0.3) is 0 Å². The molecule has 2 N–H and O–H groups in total. The van der Waals surface area contributed by atoms with E-state index in [2.05, 4.69) is 50.4 Å². The fourth-order valence-corrected chi connectivity index (χ4v) is 3.37. The molecule has 0 fully saturated rings. The summed E-state index contributed by atoms with van der Waals surface area (Å²) < 4.78 is 0. The highest BCUT2D eigenvalue weighted by Gasteiger charge is 2.41. The molecule has 1 atom stereocenters. The quantitative estimate of drug-likeness (QED) is 0.852. The van der Waals surface area contributed by atoms with Gasteiger partial charge in [0.1, 0.15) is 0 Å². The number of hydrogen-bond donors (Lipinski definition) is 2. The van der Waals surface area contributed by atoms with Crippen molar-refractivity contribution < 1.29 is 5.11 Å². The van der Waals surface area contributed by atoms with Crippen LogP contribution in [-0.4, -0.2) is 18.3 Å². The summed E-state index contributed by atoms with van der Waals surface area (Å²) in [5.74, 6) is 0. The Morgan fingerprint density at radius 2 is 1.84 bits per heavy atom. The van der Waals surface area contributed by atoms with Crippen LogP contribution in [0.3, 0.4) is 0 Å². The Labute approximate surface area is 117 Å². The maximum absolute atomic E-state index is 9.50. The third kappa shape index (κ3) is 2.70. The van der Waals surface area contributed by atoms with Crippen LogP contribution in [-0.2, 0) is 11.0 Å². The van der Waals surface area contributed by atoms with Crippen molar-refractivity contribution in [3.8, 4) is 0 Å². The van der Waals surface area contributed by atoms with Crippen LogP contribution in [0.4, 0.5) is 0 Å². The van der Waals surface area contributed by atoms with E-state index in [1.165, 1.54) is 17.5 Å². The second-order valence-corrected chi connectivity index (χ2v) is 6.41. The Morgan fingerprint density at radius 1 is 1.16 bits per heavy atom. The van der Waals surface area contributed by atoms with Crippen molar-refractivity contribution >= 4 is 0 Å². The first-order valence-electron chi connectivity index (χ1n) is 7.51. The third-order valence-electron chi connectivity index (χ3n) is 4.60. The summed E-state index contributed by atoms with van der Waals surface area (Å²) in [6.07, 6.45) is 4.21. The average molecular weight is 261 g/mol. The first-order chi connectivity index (χ1) is 9.06. The molecule has 1 unspecified atom stereocenters. The molecule has 0 heterocycles. The summed E-state index contributed by atoms with van der Waals surface area (Å²) in [5.41, 5.74) is 3.05. The van der Waals surface area contributed by atoms with Crippen molar-refractivity contribution in [2.24, 2.45) is 0 Å². The van der Waals surface area contributed by atoms with Crippen LogP contribution in [0.1, 0.15) is 57.6 Å². The largest absolute Gasteiger partial charge is 0.396 e. The molecule has 2 nitrogen and oxygen atoms in total. The summed E-state index contributed by atoms with van der Waals surface area (Å²) in [4.78, 5) is 0. The molecule has 2 heteroatoms. The monoisotopic (exact) mass is 261 g/mol. The maximum atomic E-state index is 9.50. The van der Waals surface area contributed by atoms with Crippen LogP contribution in [0, 0.1) is 0 Å². The van der Waals surface area contributed by atoms with Crippen molar-refractivity contribution in [1.82, 2.24) is 5.32 Å². The van der Waals surface area contributed by atoms with Crippen molar-refractivity contribution in [2.75, 3.05) is 13.2 Å². The summed E-state index contributed by atoms with van der Waals surface area (Å²) in [6, 6.07) is 8.76. The number of aliphatic hydroxyl groups excluding tert-OH is 1. The summed E-state index contributed by atoms with van der Waals surface area (Å²) in [6.45, 7) is 8.10. The molecule has 106 valence electrons. The number of benzene rings is 1. The molecule has 0 bridgehead atoms. The van der Waals surface area contributed by atoms with Gasteiger partial charge in [0.15, 0.2) is 0 Å². The highest BCUT2D eigenvalue weighted by atomic mass is 16.3. The average Bonchev–Trinajstić information content (AvgIpc) is 2.41. The maximum Gasteiger partial charge on any atom is 0.0459 e. The van der Waals surface area contributed by atoms with E-state index in [0.29, 0.717) is 0 Å². The zero-order chi connectivity index (χ0) is 13.9. The number of rotatable bonds is 5. The van der Waals surface area contributed by atoms with E-state index in [4.69, 9.17) is 0 Å². The number of hydrogen-bond acceptors (Lipinski definition) is 2. The highest BCUT2D eigenvalue weighted by Crippen LogP contribution is 2.46. The molecule has 0 amide bonds. The van der Waals surface area contributed by atoms with Crippen molar-refractivity contribution in [1.29, 1.82) is 0 Å². The number of aliphatic hydroxyl groups is 1. The van der Waals surface area contributed by atoms with Gasteiger partial charge < -0.3 is 10.4 Å². The minimum atomic E-state index is -0.0309. The molecular formula is C17H27NO. The predicted molar refractivity (Wildman–Crippen MR) is 80.4 cm³/mol. The van der Waals surface area contributed by atoms with Gasteiger partial charge in [-0.15, -0.1) is 0 Å². The molecule has 0 radical (unpaired) electrons. The van der Waals surface area contributed by atoms with Crippen LogP contribution in [0.2, 0.25) is 0 Å². The molecule has 2 rings (SSSR count). The molecule has 19 heavy (non-hydrogen) atoms. The Bertz CT molecular complexity index is 427. The normalized spacial score (nSPS) is 25.1. The second kappa shape index (κ2) is 5.64. The van der Waals surface area contributed by atoms with Gasteiger partial charge in [-0.2, -0.15) is 0 Å². The zero-order valence-corrected chi connectivity index (χ0v) is 12.5. The minimum absolute atomic E-state index is 0.0309. The van der Waals surface area contributed by atoms with E-state index in [-0.39, 0.29) is 17.6 Å². The Morgan fingerprint density at radius 3 is 2.47 bits per heavy atom. The fraction of sp³-hybridized carbons (Fsp3) is 0.647. The van der Waals surface area contributed by atoms with Gasteiger partial charge in [-0.3, -0.25) is 0 Å². The van der Waals surface area contributed by atoms with E-state index in [1.807, 2.05) is 0 Å². The summed E-state index contributed by atoms with van der Waals surface area (Å²) in [5, 5.41) is 13.2. The predicted octanol–water partition coefficient (Wildman–Crippen LogP) is 3.34. The third-order valence-corrected chi connectivity index (χ3v) is 4.60. The van der Waals surface area contributed by atoms with Gasteiger partial charge >= 0.3 is 0 Å². The molecular weight excluding hydrogens is 234 g/mol. The topological polar surface area (TPSA) is 32.3 Å². The molecule has 1 aliphatic rings. The van der Waals surface area contributed by atoms with Gasteiger partial charge in [0.2, 0.25) is 0 Å². The van der Waals surface area contributed by atoms with Crippen LogP contribution >= 0.6 is 0 Å². The molecule has 0 saturated heterocycles. The van der Waals surface area contributed by atoms with Crippen LogP contribution in [0.5, 0.6) is 0 Å². The van der Waals surface area contributed by atoms with Crippen LogP contribution in [0.25, 0.3) is 0 Å². The van der Waals surface area contributed by atoms with Gasteiger partial charge in [-0.05, 0) is 48.8 Å². The van der Waals surface area contributed by atoms with Gasteiger partial charge in [-0.1, -0.05) is 45.0 Å². The lowest BCUT2D eigenvalue weighted by molar-refractivity contribution is 0.173. The van der Waals surface area contributed by atoms with Crippen molar-refractivity contribution in [3.63, 3.8) is 0 Å². The Hall–Kier alpha value is -0.860. The van der Waals surface area contributed by atoms with E-state index in [9.17, 15) is 5.11 Å². The van der Waals surface area contributed by atoms with Crippen molar-refractivity contribution in [2.45, 2.75) is 57.4 Å². The summed E-state index contributed by atoms with van der Waals surface area (Å²) in [7, 11) is 0. The molecule has 1 aliphatic carbocycles. The van der Waals surface area contributed by atoms with E-state index < -0.39 is 0 Å². The lowest BCUT2D eigenvalue weighted by Crippen LogP contribution is -2.49. The SMILES string of the molecule is CCCNC1(CCO)CCC(C)(C)c2ccccc21. The standard InChI is InChI=1S/C17H27NO/c1-4-12-18-17(11-13-19)10-9-16(2,3)14-7-5-6-8-15(14)17/h5-8,18-19H,4,9-13H2,1-3H3. The molecule has 0 spiro atoms. The molecule has 0 aromatic heterocycles. The summed E-state index contributed by atoms with van der Waals surface area (Å²) >= 11 is 0. The number of nitrogens with one attached hydrogen (secondary N) is 1. The van der Waals surface area contributed by atoms with Crippen molar-refractivity contribution in [3.05, 3.63) is 35.4 Å². The van der Waals surface area contributed by atoms with E-state index >= 15 is 0 Å². The smallest absolute Gasteiger partial charge is 0.0459 e. The van der Waals surface area contributed by atoms with Gasteiger partial charge in [0.05, 0.1) is 0 Å².